The molecule has 0 bridgehead atoms. The molecule has 0 saturated carbocycles. The normalized spacial score (nSPS) is 21.6. The molecule has 14 heteroatoms. The first-order chi connectivity index (χ1) is 16.5. The number of hydrogen-bond acceptors (Lipinski definition) is 8. The molecular weight excluding hydrogens is 494 g/mol. The summed E-state index contributed by atoms with van der Waals surface area (Å²) in [6.07, 6.45) is -1.69. The summed E-state index contributed by atoms with van der Waals surface area (Å²) in [4.78, 5) is 35.3. The molecular formula is C21H31F3N3O7P. The van der Waals surface area contributed by atoms with Crippen molar-refractivity contribution in [1.82, 2.24) is 15.3 Å². The number of esters is 1. The lowest BCUT2D eigenvalue weighted by atomic mass is 10.0. The first-order valence-electron chi connectivity index (χ1n) is 10.6. The van der Waals surface area contributed by atoms with Crippen LogP contribution in [-0.4, -0.2) is 67.7 Å². The van der Waals surface area contributed by atoms with Gasteiger partial charge in [0, 0.05) is 7.05 Å². The summed E-state index contributed by atoms with van der Waals surface area (Å²) in [6.45, 7) is 7.57. The Balaban J connectivity index is 3.02. The molecule has 2 N–H and O–H groups in total. The second kappa shape index (κ2) is 14.8. The molecule has 1 rings (SSSR count). The van der Waals surface area contributed by atoms with Crippen molar-refractivity contribution in [2.75, 3.05) is 20.2 Å². The SMILES string of the molecule is C=C/C(=C\C)OP(NCC(=O)OC(C)C)OCC1(C(F)F)CCC(N(/C=C(/F)C=O)C(=O)NC)O1. The summed E-state index contributed by atoms with van der Waals surface area (Å²) < 4.78 is 63.4. The Bertz CT molecular complexity index is 813. The number of allylic oxidation sites excluding steroid dienone is 3. The van der Waals surface area contributed by atoms with E-state index in [1.54, 1.807) is 26.8 Å². The van der Waals surface area contributed by atoms with Crippen LogP contribution in [0.15, 0.2) is 36.5 Å². The van der Waals surface area contributed by atoms with Crippen LogP contribution in [0.1, 0.15) is 33.6 Å². The minimum Gasteiger partial charge on any atom is -0.462 e. The molecule has 0 radical (unpaired) electrons. The molecule has 0 aromatic heterocycles. The summed E-state index contributed by atoms with van der Waals surface area (Å²) in [6, 6.07) is -0.863. The van der Waals surface area contributed by atoms with Gasteiger partial charge in [0.2, 0.25) is 0 Å². The average molecular weight is 525 g/mol. The maximum atomic E-state index is 14.1. The number of nitrogens with one attached hydrogen (secondary N) is 2. The average Bonchev–Trinajstić information content (AvgIpc) is 3.26. The number of halogens is 3. The van der Waals surface area contributed by atoms with Crippen molar-refractivity contribution >= 4 is 26.8 Å². The molecule has 3 atom stereocenters. The first-order valence-corrected chi connectivity index (χ1v) is 11.8. The number of urea groups is 1. The Morgan fingerprint density at radius 3 is 2.57 bits per heavy atom. The Morgan fingerprint density at radius 2 is 2.06 bits per heavy atom. The second-order valence-electron chi connectivity index (χ2n) is 7.46. The van der Waals surface area contributed by atoms with Crippen LogP contribution >= 0.6 is 8.53 Å². The van der Waals surface area contributed by atoms with E-state index in [2.05, 4.69) is 17.0 Å². The van der Waals surface area contributed by atoms with Crippen molar-refractivity contribution in [1.29, 1.82) is 0 Å². The molecule has 10 nitrogen and oxygen atoms in total. The fraction of sp³-hybridized carbons (Fsp3) is 0.571. The predicted octanol–water partition coefficient (Wildman–Crippen LogP) is 3.67. The molecule has 3 unspecified atom stereocenters. The van der Waals surface area contributed by atoms with E-state index in [4.69, 9.17) is 18.5 Å². The molecule has 1 heterocycles. The smallest absolute Gasteiger partial charge is 0.323 e. The molecule has 0 aliphatic carbocycles. The number of alkyl halides is 2. The molecule has 0 aromatic carbocycles. The highest BCUT2D eigenvalue weighted by atomic mass is 31.2. The lowest BCUT2D eigenvalue weighted by Gasteiger charge is -2.32. The highest BCUT2D eigenvalue weighted by molar-refractivity contribution is 7.45. The monoisotopic (exact) mass is 525 g/mol. The number of nitrogens with zero attached hydrogens (tertiary/aromatic N) is 1. The fourth-order valence-electron chi connectivity index (χ4n) is 2.86. The summed E-state index contributed by atoms with van der Waals surface area (Å²) >= 11 is 0. The van der Waals surface area contributed by atoms with Crippen LogP contribution in [0.5, 0.6) is 0 Å². The zero-order valence-corrected chi connectivity index (χ0v) is 20.9. The Hall–Kier alpha value is -2.47. The van der Waals surface area contributed by atoms with Gasteiger partial charge in [-0.05, 0) is 45.8 Å². The quantitative estimate of drug-likeness (QED) is 0.0882. The Kier molecular flexibility index (Phi) is 12.9. The van der Waals surface area contributed by atoms with Crippen molar-refractivity contribution in [3.63, 3.8) is 0 Å². The van der Waals surface area contributed by atoms with Crippen LogP contribution < -0.4 is 10.4 Å². The van der Waals surface area contributed by atoms with Gasteiger partial charge in [0.1, 0.15) is 18.5 Å². The van der Waals surface area contributed by atoms with E-state index < -0.39 is 51.2 Å². The van der Waals surface area contributed by atoms with Gasteiger partial charge in [-0.1, -0.05) is 6.58 Å². The lowest BCUT2D eigenvalue weighted by molar-refractivity contribution is -0.167. The molecule has 35 heavy (non-hydrogen) atoms. The van der Waals surface area contributed by atoms with Crippen LogP contribution in [0.3, 0.4) is 0 Å². The standard InChI is InChI=1S/C21H31F3N3O7P/c1-6-16(7-2)34-35(26-10-18(29)32-14(3)4)31-13-21(19(23)24)9-8-17(33-21)27(20(30)25-5)11-15(22)12-28/h6-7,11-12,14,17,19,26H,1,8-10,13H2,2-5H3,(H,25,30)/b15-11+,16-7+. The largest absolute Gasteiger partial charge is 0.462 e. The lowest BCUT2D eigenvalue weighted by Crippen LogP contribution is -2.47. The molecule has 0 spiro atoms. The van der Waals surface area contributed by atoms with Crippen molar-refractivity contribution in [2.24, 2.45) is 0 Å². The van der Waals surface area contributed by atoms with E-state index in [0.717, 1.165) is 0 Å². The van der Waals surface area contributed by atoms with Gasteiger partial charge in [0.15, 0.2) is 17.7 Å². The van der Waals surface area contributed by atoms with Crippen molar-refractivity contribution < 1.29 is 46.1 Å². The topological polar surface area (TPSA) is 115 Å². The van der Waals surface area contributed by atoms with Crippen molar-refractivity contribution in [3.8, 4) is 0 Å². The van der Waals surface area contributed by atoms with Crippen LogP contribution in [0.2, 0.25) is 0 Å². The number of carbonyl (C=O) groups excluding carboxylic acids is 3. The molecule has 198 valence electrons. The van der Waals surface area contributed by atoms with Gasteiger partial charge in [0.05, 0.1) is 18.9 Å². The van der Waals surface area contributed by atoms with Gasteiger partial charge < -0.3 is 23.8 Å². The third-order valence-electron chi connectivity index (χ3n) is 4.54. The highest BCUT2D eigenvalue weighted by Crippen LogP contribution is 2.43. The predicted molar refractivity (Wildman–Crippen MR) is 122 cm³/mol. The van der Waals surface area contributed by atoms with Crippen LogP contribution in [0.25, 0.3) is 0 Å². The molecule has 1 fully saturated rings. The fourth-order valence-corrected chi connectivity index (χ4v) is 4.03. The molecule has 1 saturated heterocycles. The minimum atomic E-state index is -3.05. The molecule has 2 amide bonds. The maximum Gasteiger partial charge on any atom is 0.323 e. The van der Waals surface area contributed by atoms with Gasteiger partial charge in [-0.15, -0.1) is 0 Å². The third-order valence-corrected chi connectivity index (χ3v) is 5.69. The summed E-state index contributed by atoms with van der Waals surface area (Å²) in [5.74, 6) is -1.62. The number of amides is 2. The van der Waals surface area contributed by atoms with Crippen LogP contribution in [-0.2, 0) is 28.1 Å². The number of aldehydes is 1. The Labute approximate surface area is 203 Å². The van der Waals surface area contributed by atoms with E-state index in [-0.39, 0.29) is 37.5 Å². The van der Waals surface area contributed by atoms with Gasteiger partial charge in [-0.2, -0.15) is 0 Å². The number of ether oxygens (including phenoxy) is 2. The first kappa shape index (κ1) is 30.6. The highest BCUT2D eigenvalue weighted by Gasteiger charge is 2.51. The van der Waals surface area contributed by atoms with Crippen molar-refractivity contribution in [3.05, 3.63) is 36.5 Å². The van der Waals surface area contributed by atoms with Gasteiger partial charge in [-0.3, -0.25) is 14.5 Å². The Morgan fingerprint density at radius 1 is 1.37 bits per heavy atom. The van der Waals surface area contributed by atoms with E-state index in [1.807, 2.05) is 0 Å². The summed E-state index contributed by atoms with van der Waals surface area (Å²) in [5, 5.41) is 4.91. The zero-order valence-electron chi connectivity index (χ0n) is 20.0. The van der Waals surface area contributed by atoms with E-state index in [1.165, 1.54) is 13.1 Å². The van der Waals surface area contributed by atoms with Gasteiger partial charge >= 0.3 is 20.5 Å². The van der Waals surface area contributed by atoms with Gasteiger partial charge in [0.25, 0.3) is 6.43 Å². The number of carbonyl (C=O) groups is 3. The number of hydrogen-bond donors (Lipinski definition) is 2. The maximum absolute atomic E-state index is 14.1. The number of rotatable bonds is 14. The van der Waals surface area contributed by atoms with Crippen LogP contribution in [0, 0.1) is 0 Å². The van der Waals surface area contributed by atoms with Crippen LogP contribution in [0.4, 0.5) is 18.0 Å². The molecule has 0 aromatic rings. The summed E-state index contributed by atoms with van der Waals surface area (Å²) in [7, 11) is -0.869. The van der Waals surface area contributed by atoms with E-state index >= 15 is 0 Å². The molecule has 1 aliphatic heterocycles. The second-order valence-corrected chi connectivity index (χ2v) is 8.73. The third kappa shape index (κ3) is 9.60. The minimum absolute atomic E-state index is 0.0938. The molecule has 1 aliphatic rings. The van der Waals surface area contributed by atoms with Gasteiger partial charge in [-0.25, -0.2) is 23.1 Å². The summed E-state index contributed by atoms with van der Waals surface area (Å²) in [5.41, 5.74) is -2.17. The van der Waals surface area contributed by atoms with E-state index in [9.17, 15) is 27.6 Å². The zero-order chi connectivity index (χ0) is 26.6. The van der Waals surface area contributed by atoms with E-state index in [0.29, 0.717) is 11.1 Å². The van der Waals surface area contributed by atoms with Crippen molar-refractivity contribution in [2.45, 2.75) is 58.0 Å².